The number of aliphatic carboxylic acids is 2. The third kappa shape index (κ3) is 5.80. The van der Waals surface area contributed by atoms with Crippen LogP contribution in [0.2, 0.25) is 0 Å². The van der Waals surface area contributed by atoms with Crippen molar-refractivity contribution in [1.29, 1.82) is 0 Å². The lowest BCUT2D eigenvalue weighted by atomic mass is 9.96. The molecule has 104 valence electrons. The van der Waals surface area contributed by atoms with Crippen LogP contribution >= 0.6 is 11.6 Å². The first-order valence-corrected chi connectivity index (χ1v) is 5.30. The largest absolute Gasteiger partial charge is 0.547 e. The zero-order valence-corrected chi connectivity index (χ0v) is 9.92. The van der Waals surface area contributed by atoms with Crippen molar-refractivity contribution < 1.29 is 39.5 Å². The standard InChI is InChI=1S/C9H13ClO8/c10-3-5(11)4-18-7(14)2-9(17,8(15)16)1-6(12)13/h5,11,17H,1-4H2,(H,12,13)(H,15,16)/p-1. The molecule has 0 heterocycles. The van der Waals surface area contributed by atoms with Crippen LogP contribution in [-0.4, -0.2) is 57.4 Å². The van der Waals surface area contributed by atoms with E-state index >= 15 is 0 Å². The van der Waals surface area contributed by atoms with Crippen LogP contribution in [-0.2, 0) is 19.1 Å². The minimum Gasteiger partial charge on any atom is -0.547 e. The molecule has 0 aliphatic carbocycles. The highest BCUT2D eigenvalue weighted by Gasteiger charge is 2.35. The van der Waals surface area contributed by atoms with Crippen LogP contribution in [0.3, 0.4) is 0 Å². The van der Waals surface area contributed by atoms with Gasteiger partial charge in [-0.2, -0.15) is 0 Å². The van der Waals surface area contributed by atoms with E-state index < -0.39 is 49.1 Å². The molecule has 0 aromatic carbocycles. The highest BCUT2D eigenvalue weighted by molar-refractivity contribution is 6.18. The molecule has 9 heteroatoms. The Balaban J connectivity index is 4.46. The first kappa shape index (κ1) is 16.6. The first-order valence-electron chi connectivity index (χ1n) is 4.76. The van der Waals surface area contributed by atoms with Crippen LogP contribution in [0.15, 0.2) is 0 Å². The average Bonchev–Trinajstić information content (AvgIpc) is 2.24. The summed E-state index contributed by atoms with van der Waals surface area (Å²) in [6.07, 6.45) is -3.44. The fraction of sp³-hybridized carbons (Fsp3) is 0.667. The van der Waals surface area contributed by atoms with Gasteiger partial charge in [0.05, 0.1) is 24.7 Å². The fourth-order valence-corrected chi connectivity index (χ4v) is 1.07. The third-order valence-electron chi connectivity index (χ3n) is 1.88. The van der Waals surface area contributed by atoms with Crippen LogP contribution in [0.1, 0.15) is 12.8 Å². The van der Waals surface area contributed by atoms with Crippen molar-refractivity contribution in [3.8, 4) is 0 Å². The first-order chi connectivity index (χ1) is 8.21. The maximum Gasteiger partial charge on any atom is 0.309 e. The fourth-order valence-electron chi connectivity index (χ4n) is 0.981. The van der Waals surface area contributed by atoms with Crippen molar-refractivity contribution in [3.63, 3.8) is 0 Å². The smallest absolute Gasteiger partial charge is 0.309 e. The van der Waals surface area contributed by atoms with Gasteiger partial charge in [0.1, 0.15) is 18.3 Å². The van der Waals surface area contributed by atoms with Crippen LogP contribution in [0.4, 0.5) is 0 Å². The molecule has 18 heavy (non-hydrogen) atoms. The Morgan fingerprint density at radius 3 is 2.28 bits per heavy atom. The van der Waals surface area contributed by atoms with Crippen molar-refractivity contribution in [2.24, 2.45) is 0 Å². The Bertz CT molecular complexity index is 331. The van der Waals surface area contributed by atoms with Gasteiger partial charge in [-0.15, -0.1) is 11.6 Å². The predicted octanol–water partition coefficient (Wildman–Crippen LogP) is -2.52. The second kappa shape index (κ2) is 7.14. The number of esters is 1. The molecule has 0 aromatic heterocycles. The van der Waals surface area contributed by atoms with Crippen molar-refractivity contribution in [3.05, 3.63) is 0 Å². The maximum absolute atomic E-state index is 11.1. The van der Waals surface area contributed by atoms with Crippen molar-refractivity contribution in [1.82, 2.24) is 0 Å². The molecule has 0 saturated carbocycles. The van der Waals surface area contributed by atoms with E-state index in [0.717, 1.165) is 0 Å². The Hall–Kier alpha value is -1.38. The lowest BCUT2D eigenvalue weighted by Crippen LogP contribution is -2.51. The van der Waals surface area contributed by atoms with Gasteiger partial charge in [-0.25, -0.2) is 0 Å². The third-order valence-corrected chi connectivity index (χ3v) is 2.23. The number of rotatable bonds is 8. The Morgan fingerprint density at radius 2 is 1.89 bits per heavy atom. The number of hydrogen-bond acceptors (Lipinski definition) is 7. The minimum atomic E-state index is -2.85. The van der Waals surface area contributed by atoms with Gasteiger partial charge in [0.15, 0.2) is 0 Å². The van der Waals surface area contributed by atoms with E-state index in [1.807, 2.05) is 0 Å². The zero-order valence-electron chi connectivity index (χ0n) is 9.17. The summed E-state index contributed by atoms with van der Waals surface area (Å²) in [5, 5.41) is 37.4. The second-order valence-corrected chi connectivity index (χ2v) is 3.87. The lowest BCUT2D eigenvalue weighted by Gasteiger charge is -2.26. The lowest BCUT2D eigenvalue weighted by molar-refractivity contribution is -0.325. The maximum atomic E-state index is 11.1. The molecule has 0 fully saturated rings. The molecule has 0 bridgehead atoms. The van der Waals surface area contributed by atoms with Gasteiger partial charge < -0.3 is 30.0 Å². The van der Waals surface area contributed by atoms with Crippen molar-refractivity contribution in [2.45, 2.75) is 24.5 Å². The summed E-state index contributed by atoms with van der Waals surface area (Å²) in [5.74, 6) is -5.10. The van der Waals surface area contributed by atoms with E-state index in [9.17, 15) is 24.6 Å². The van der Waals surface area contributed by atoms with Crippen LogP contribution in [0.25, 0.3) is 0 Å². The number of alkyl halides is 1. The molecule has 0 spiro atoms. The number of halogens is 1. The molecule has 0 radical (unpaired) electrons. The van der Waals surface area contributed by atoms with E-state index in [1.165, 1.54) is 0 Å². The highest BCUT2D eigenvalue weighted by Crippen LogP contribution is 2.15. The normalized spacial score (nSPS) is 15.5. The second-order valence-electron chi connectivity index (χ2n) is 3.56. The molecule has 0 aliphatic heterocycles. The quantitative estimate of drug-likeness (QED) is 0.327. The van der Waals surface area contributed by atoms with Crippen LogP contribution in [0, 0.1) is 0 Å². The zero-order chi connectivity index (χ0) is 14.3. The SMILES string of the molecule is O=C(O)CC(O)(CC(=O)OCC(O)CCl)C(=O)[O-]. The number of carbonyl (C=O) groups excluding carboxylic acids is 2. The number of hydrogen-bond donors (Lipinski definition) is 3. The highest BCUT2D eigenvalue weighted by atomic mass is 35.5. The van der Waals surface area contributed by atoms with E-state index in [4.69, 9.17) is 21.8 Å². The molecular formula is C9H12ClO8-. The van der Waals surface area contributed by atoms with E-state index in [-0.39, 0.29) is 5.88 Å². The summed E-state index contributed by atoms with van der Waals surface area (Å²) >= 11 is 5.22. The van der Waals surface area contributed by atoms with Crippen LogP contribution < -0.4 is 5.11 Å². The molecule has 3 N–H and O–H groups in total. The molecule has 2 unspecified atom stereocenters. The van der Waals surface area contributed by atoms with Gasteiger partial charge >= 0.3 is 11.9 Å². The van der Waals surface area contributed by atoms with Gasteiger partial charge in [0, 0.05) is 0 Å². The summed E-state index contributed by atoms with van der Waals surface area (Å²) in [4.78, 5) is 32.1. The molecule has 0 saturated heterocycles. The number of carboxylic acids is 2. The van der Waals surface area contributed by atoms with Gasteiger partial charge in [0.25, 0.3) is 0 Å². The summed E-state index contributed by atoms with van der Waals surface area (Å²) in [6, 6.07) is 0. The number of aliphatic hydroxyl groups is 2. The molecule has 0 rings (SSSR count). The van der Waals surface area contributed by atoms with Crippen LogP contribution in [0.5, 0.6) is 0 Å². The molecule has 0 aliphatic rings. The molecular weight excluding hydrogens is 272 g/mol. The molecule has 0 amide bonds. The van der Waals surface area contributed by atoms with E-state index in [0.29, 0.717) is 0 Å². The van der Waals surface area contributed by atoms with Crippen molar-refractivity contribution >= 4 is 29.5 Å². The van der Waals surface area contributed by atoms with Gasteiger partial charge in [-0.3, -0.25) is 9.59 Å². The Morgan fingerprint density at radius 1 is 1.33 bits per heavy atom. The van der Waals surface area contributed by atoms with E-state index in [1.54, 1.807) is 0 Å². The average molecular weight is 284 g/mol. The number of carbonyl (C=O) groups is 3. The van der Waals surface area contributed by atoms with Gasteiger partial charge in [-0.05, 0) is 0 Å². The van der Waals surface area contributed by atoms with Gasteiger partial charge in [0.2, 0.25) is 0 Å². The molecule has 0 aromatic rings. The minimum absolute atomic E-state index is 0.201. The van der Waals surface area contributed by atoms with Gasteiger partial charge in [-0.1, -0.05) is 0 Å². The number of ether oxygens (including phenoxy) is 1. The molecule has 2 atom stereocenters. The Kier molecular flexibility index (Phi) is 6.60. The predicted molar refractivity (Wildman–Crippen MR) is 54.5 cm³/mol. The number of carboxylic acid groups (broad SMARTS) is 2. The molecule has 8 nitrogen and oxygen atoms in total. The number of aliphatic hydroxyl groups excluding tert-OH is 1. The Labute approximate surface area is 107 Å². The topological polar surface area (TPSA) is 144 Å². The monoisotopic (exact) mass is 283 g/mol. The summed E-state index contributed by atoms with van der Waals surface area (Å²) in [6.45, 7) is -0.488. The summed E-state index contributed by atoms with van der Waals surface area (Å²) in [7, 11) is 0. The van der Waals surface area contributed by atoms with E-state index in [2.05, 4.69) is 4.74 Å². The summed E-state index contributed by atoms with van der Waals surface area (Å²) in [5.41, 5.74) is -2.85. The summed E-state index contributed by atoms with van der Waals surface area (Å²) < 4.78 is 4.40. The van der Waals surface area contributed by atoms with Crippen molar-refractivity contribution in [2.75, 3.05) is 12.5 Å².